The summed E-state index contributed by atoms with van der Waals surface area (Å²) in [7, 11) is 1.75. The summed E-state index contributed by atoms with van der Waals surface area (Å²) in [5.41, 5.74) is 7.56. The van der Waals surface area contributed by atoms with Crippen molar-refractivity contribution in [3.63, 3.8) is 0 Å². The Morgan fingerprint density at radius 1 is 1.22 bits per heavy atom. The molecule has 1 aromatic rings. The molecular formula is C34H51NO2. The Kier molecular flexibility index (Phi) is 11.9. The molecule has 0 aromatic heterocycles. The van der Waals surface area contributed by atoms with Gasteiger partial charge in [0, 0.05) is 32.0 Å². The highest BCUT2D eigenvalue weighted by atomic mass is 16.5. The minimum atomic E-state index is 0.362. The topological polar surface area (TPSA) is 30.8 Å². The first kappa shape index (κ1) is 29.6. The van der Waals surface area contributed by atoms with Gasteiger partial charge in [0.05, 0.1) is 12.6 Å². The zero-order valence-corrected chi connectivity index (χ0v) is 24.4. The number of benzene rings is 1. The maximum atomic E-state index is 5.80. The quantitative estimate of drug-likeness (QED) is 0.301. The zero-order chi connectivity index (χ0) is 26.8. The molecule has 0 aliphatic carbocycles. The van der Waals surface area contributed by atoms with E-state index in [0.29, 0.717) is 36.3 Å². The molecule has 3 heteroatoms. The highest BCUT2D eigenvalue weighted by Crippen LogP contribution is 2.37. The molecule has 2 aliphatic rings. The van der Waals surface area contributed by atoms with Crippen molar-refractivity contribution >= 4 is 11.3 Å². The van der Waals surface area contributed by atoms with Gasteiger partial charge < -0.3 is 9.47 Å². The molecule has 1 fully saturated rings. The van der Waals surface area contributed by atoms with Crippen LogP contribution in [0.4, 0.5) is 0 Å². The lowest BCUT2D eigenvalue weighted by Crippen LogP contribution is -2.34. The smallest absolute Gasteiger partial charge is 0.0713 e. The number of methoxy groups -OCH3 is 1. The molecule has 0 bridgehead atoms. The van der Waals surface area contributed by atoms with Crippen LogP contribution >= 0.6 is 0 Å². The van der Waals surface area contributed by atoms with Crippen LogP contribution in [-0.2, 0) is 16.1 Å². The first-order valence-electron chi connectivity index (χ1n) is 14.7. The summed E-state index contributed by atoms with van der Waals surface area (Å²) in [5.74, 6) is 2.24. The molecule has 0 amide bonds. The normalized spacial score (nSPS) is 26.1. The van der Waals surface area contributed by atoms with E-state index in [1.165, 1.54) is 59.2 Å². The van der Waals surface area contributed by atoms with Crippen LogP contribution in [-0.4, -0.2) is 32.1 Å². The monoisotopic (exact) mass is 505 g/mol. The van der Waals surface area contributed by atoms with Gasteiger partial charge in [0.1, 0.15) is 0 Å². The van der Waals surface area contributed by atoms with E-state index in [1.54, 1.807) is 7.11 Å². The van der Waals surface area contributed by atoms with E-state index in [2.05, 4.69) is 77.6 Å². The molecule has 0 spiro atoms. The van der Waals surface area contributed by atoms with Crippen molar-refractivity contribution < 1.29 is 9.47 Å². The Labute approximate surface area is 227 Å². The van der Waals surface area contributed by atoms with Crippen LogP contribution in [0.1, 0.15) is 90.7 Å². The summed E-state index contributed by atoms with van der Waals surface area (Å²) < 4.78 is 11.1. The summed E-state index contributed by atoms with van der Waals surface area (Å²) in [6.45, 7) is 18.6. The maximum Gasteiger partial charge on any atom is 0.0713 e. The molecule has 3 unspecified atom stereocenters. The highest BCUT2D eigenvalue weighted by Gasteiger charge is 2.34. The summed E-state index contributed by atoms with van der Waals surface area (Å²) in [6, 6.07) is 9.02. The first-order valence-corrected chi connectivity index (χ1v) is 14.7. The molecule has 0 radical (unpaired) electrons. The van der Waals surface area contributed by atoms with Gasteiger partial charge in [-0.05, 0) is 84.3 Å². The predicted molar refractivity (Wildman–Crippen MR) is 159 cm³/mol. The Bertz CT molecular complexity index is 972. The SMILES string of the molecule is C=C1CCC(C2CCOC[C@@H]2C)N=C(C(CCC)[C@@H](C)CCC)/C1=C/C=C(\C)c1cccc(COC)c1. The second kappa shape index (κ2) is 14.8. The number of allylic oxidation sites excluding steroid dienone is 5. The van der Waals surface area contributed by atoms with Crippen LogP contribution in [0.15, 0.2) is 59.1 Å². The molecule has 1 saturated heterocycles. The van der Waals surface area contributed by atoms with Gasteiger partial charge in [-0.1, -0.05) is 83.9 Å². The van der Waals surface area contributed by atoms with E-state index in [-0.39, 0.29) is 0 Å². The lowest BCUT2D eigenvalue weighted by atomic mass is 9.79. The molecule has 204 valence electrons. The van der Waals surface area contributed by atoms with E-state index < -0.39 is 0 Å². The second-order valence-electron chi connectivity index (χ2n) is 11.5. The van der Waals surface area contributed by atoms with Gasteiger partial charge in [-0.3, -0.25) is 4.99 Å². The van der Waals surface area contributed by atoms with Gasteiger partial charge in [-0.2, -0.15) is 0 Å². The predicted octanol–water partition coefficient (Wildman–Crippen LogP) is 8.85. The number of aliphatic imine (C=N–C) groups is 1. The van der Waals surface area contributed by atoms with Gasteiger partial charge in [-0.25, -0.2) is 0 Å². The average molecular weight is 506 g/mol. The highest BCUT2D eigenvalue weighted by molar-refractivity contribution is 6.06. The first-order chi connectivity index (χ1) is 17.9. The largest absolute Gasteiger partial charge is 0.381 e. The molecule has 5 atom stereocenters. The number of ether oxygens (including phenoxy) is 2. The van der Waals surface area contributed by atoms with Gasteiger partial charge in [0.25, 0.3) is 0 Å². The third-order valence-corrected chi connectivity index (χ3v) is 8.48. The Hall–Kier alpha value is -1.97. The number of nitrogens with zero attached hydrogens (tertiary/aromatic N) is 1. The van der Waals surface area contributed by atoms with E-state index in [4.69, 9.17) is 14.5 Å². The second-order valence-corrected chi connectivity index (χ2v) is 11.5. The third-order valence-electron chi connectivity index (χ3n) is 8.48. The fraction of sp³-hybridized carbons (Fsp3) is 0.618. The summed E-state index contributed by atoms with van der Waals surface area (Å²) >= 11 is 0. The lowest BCUT2D eigenvalue weighted by Gasteiger charge is -2.34. The van der Waals surface area contributed by atoms with Crippen molar-refractivity contribution in [2.24, 2.45) is 28.7 Å². The minimum Gasteiger partial charge on any atom is -0.381 e. The van der Waals surface area contributed by atoms with Crippen molar-refractivity contribution in [2.45, 2.75) is 92.2 Å². The number of hydrogen-bond acceptors (Lipinski definition) is 3. The Morgan fingerprint density at radius 2 is 2.00 bits per heavy atom. The van der Waals surface area contributed by atoms with Crippen LogP contribution < -0.4 is 0 Å². The molecule has 2 aliphatic heterocycles. The van der Waals surface area contributed by atoms with Crippen molar-refractivity contribution in [1.29, 1.82) is 0 Å². The molecule has 0 N–H and O–H groups in total. The molecule has 3 rings (SSSR count). The number of hydrogen-bond donors (Lipinski definition) is 0. The van der Waals surface area contributed by atoms with Crippen LogP contribution in [0.25, 0.3) is 5.57 Å². The average Bonchev–Trinajstić information content (AvgIpc) is 3.05. The molecule has 2 heterocycles. The van der Waals surface area contributed by atoms with Crippen molar-refractivity contribution in [2.75, 3.05) is 20.3 Å². The van der Waals surface area contributed by atoms with Crippen LogP contribution in [0, 0.1) is 23.7 Å². The Balaban J connectivity index is 2.05. The maximum absolute atomic E-state index is 5.80. The van der Waals surface area contributed by atoms with Gasteiger partial charge in [0.2, 0.25) is 0 Å². The van der Waals surface area contributed by atoms with Crippen LogP contribution in [0.2, 0.25) is 0 Å². The van der Waals surface area contributed by atoms with E-state index >= 15 is 0 Å². The van der Waals surface area contributed by atoms with Crippen LogP contribution in [0.3, 0.4) is 0 Å². The lowest BCUT2D eigenvalue weighted by molar-refractivity contribution is 0.0152. The zero-order valence-electron chi connectivity index (χ0n) is 24.4. The minimum absolute atomic E-state index is 0.362. The molecule has 0 saturated carbocycles. The summed E-state index contributed by atoms with van der Waals surface area (Å²) in [4.78, 5) is 5.68. The molecule has 3 nitrogen and oxygen atoms in total. The molecule has 37 heavy (non-hydrogen) atoms. The van der Waals surface area contributed by atoms with Crippen LogP contribution in [0.5, 0.6) is 0 Å². The van der Waals surface area contributed by atoms with Gasteiger partial charge in [0.15, 0.2) is 0 Å². The molecule has 1 aromatic carbocycles. The van der Waals surface area contributed by atoms with Gasteiger partial charge >= 0.3 is 0 Å². The van der Waals surface area contributed by atoms with E-state index in [0.717, 1.165) is 32.5 Å². The van der Waals surface area contributed by atoms with Crippen molar-refractivity contribution in [3.05, 3.63) is 65.3 Å². The molecular weight excluding hydrogens is 454 g/mol. The standard InChI is InChI=1S/C34H51NO2/c1-8-11-25(4)31(12-9-2)34-32(17-15-24(3)29-14-10-13-28(21-29)23-36-7)26(5)16-18-33(35-34)30-19-20-37-22-27(30)6/h10,13-15,17,21,25,27,30-31,33H,5,8-9,11-12,16,18-20,22-23H2,1-4,6-7H3/b24-15+,32-17+/t25-,27-,30?,31?,33?/m0/s1. The third kappa shape index (κ3) is 8.01. The number of rotatable bonds is 11. The Morgan fingerprint density at radius 3 is 2.70 bits per heavy atom. The fourth-order valence-corrected chi connectivity index (χ4v) is 6.26. The van der Waals surface area contributed by atoms with E-state index in [1.807, 2.05) is 0 Å². The summed E-state index contributed by atoms with van der Waals surface area (Å²) in [5, 5.41) is 0. The van der Waals surface area contributed by atoms with Crippen molar-refractivity contribution in [1.82, 2.24) is 0 Å². The van der Waals surface area contributed by atoms with E-state index in [9.17, 15) is 0 Å². The van der Waals surface area contributed by atoms with Gasteiger partial charge in [-0.15, -0.1) is 0 Å². The van der Waals surface area contributed by atoms with Crippen molar-refractivity contribution in [3.8, 4) is 0 Å². The fourth-order valence-electron chi connectivity index (χ4n) is 6.26. The summed E-state index contributed by atoms with van der Waals surface area (Å²) in [6.07, 6.45) is 12.7.